The number of benzene rings is 2. The molecule has 0 aromatic heterocycles. The van der Waals surface area contributed by atoms with E-state index >= 15 is 0 Å². The monoisotopic (exact) mass is 493 g/mol. The van der Waals surface area contributed by atoms with Crippen molar-refractivity contribution in [1.82, 2.24) is 14.5 Å². The molecule has 178 valence electrons. The highest BCUT2D eigenvalue weighted by Crippen LogP contribution is 2.34. The maximum Gasteiger partial charge on any atom is 0.317 e. The van der Waals surface area contributed by atoms with E-state index in [1.165, 1.54) is 16.4 Å². The summed E-state index contributed by atoms with van der Waals surface area (Å²) in [4.78, 5) is 14.8. The number of carbonyl (C=O) groups is 1. The molecule has 0 spiro atoms. The normalized spacial score (nSPS) is 17.6. The Hall–Kier alpha value is -2.49. The number of fused-ring (bicyclic) bond motifs is 1. The lowest BCUT2D eigenvalue weighted by Gasteiger charge is -2.35. The van der Waals surface area contributed by atoms with Crippen LogP contribution in [0.5, 0.6) is 11.5 Å². The Morgan fingerprint density at radius 2 is 1.70 bits per heavy atom. The van der Waals surface area contributed by atoms with Crippen LogP contribution in [0.3, 0.4) is 0 Å². The van der Waals surface area contributed by atoms with Crippen molar-refractivity contribution >= 4 is 27.7 Å². The molecule has 2 aliphatic heterocycles. The van der Waals surface area contributed by atoms with E-state index in [9.17, 15) is 13.2 Å². The number of hydrogen-bond acceptors (Lipinski definition) is 5. The van der Waals surface area contributed by atoms with Gasteiger partial charge in [-0.3, -0.25) is 0 Å². The van der Waals surface area contributed by atoms with E-state index in [0.717, 1.165) is 5.56 Å². The Bertz CT molecular complexity index is 1120. The molecule has 0 radical (unpaired) electrons. The van der Waals surface area contributed by atoms with Crippen LogP contribution in [0.2, 0.25) is 5.02 Å². The largest absolute Gasteiger partial charge is 0.486 e. The number of amides is 2. The van der Waals surface area contributed by atoms with Gasteiger partial charge in [0.1, 0.15) is 13.2 Å². The number of sulfonamides is 1. The van der Waals surface area contributed by atoms with Crippen molar-refractivity contribution in [2.24, 2.45) is 5.92 Å². The molecule has 0 bridgehead atoms. The van der Waals surface area contributed by atoms with Crippen molar-refractivity contribution < 1.29 is 22.7 Å². The zero-order valence-electron chi connectivity index (χ0n) is 18.7. The van der Waals surface area contributed by atoms with Gasteiger partial charge in [0.2, 0.25) is 10.0 Å². The van der Waals surface area contributed by atoms with Gasteiger partial charge in [0.25, 0.3) is 0 Å². The third-order valence-electron chi connectivity index (χ3n) is 5.83. The van der Waals surface area contributed by atoms with Crippen LogP contribution < -0.4 is 14.8 Å². The number of nitrogens with one attached hydrogen (secondary N) is 1. The Balaban J connectivity index is 1.40. The second kappa shape index (κ2) is 9.79. The van der Waals surface area contributed by atoms with E-state index < -0.39 is 10.0 Å². The molecular formula is C23H28ClN3O5S. The summed E-state index contributed by atoms with van der Waals surface area (Å²) < 4.78 is 38.5. The van der Waals surface area contributed by atoms with Crippen molar-refractivity contribution in [3.63, 3.8) is 0 Å². The fourth-order valence-electron chi connectivity index (χ4n) is 4.02. The molecule has 2 heterocycles. The molecular weight excluding hydrogens is 466 g/mol. The van der Waals surface area contributed by atoms with E-state index in [1.54, 1.807) is 17.0 Å². The zero-order chi connectivity index (χ0) is 23.6. The van der Waals surface area contributed by atoms with E-state index in [0.29, 0.717) is 42.8 Å². The van der Waals surface area contributed by atoms with E-state index in [4.69, 9.17) is 21.1 Å². The summed E-state index contributed by atoms with van der Waals surface area (Å²) in [5.74, 6) is 1.52. The summed E-state index contributed by atoms with van der Waals surface area (Å²) in [6.07, 6.45) is 0. The smallest absolute Gasteiger partial charge is 0.317 e. The van der Waals surface area contributed by atoms with E-state index in [1.807, 2.05) is 32.0 Å². The molecule has 10 heteroatoms. The molecule has 1 unspecified atom stereocenters. The summed E-state index contributed by atoms with van der Waals surface area (Å²) in [6, 6.07) is 11.5. The lowest BCUT2D eigenvalue weighted by molar-refractivity contribution is 0.165. The van der Waals surface area contributed by atoms with Crippen LogP contribution in [0.4, 0.5) is 4.79 Å². The number of hydrogen-bond donors (Lipinski definition) is 1. The Kier molecular flexibility index (Phi) is 7.02. The summed E-state index contributed by atoms with van der Waals surface area (Å²) in [5, 5.41) is 3.48. The zero-order valence-corrected chi connectivity index (χ0v) is 20.2. The first-order chi connectivity index (χ1) is 15.8. The van der Waals surface area contributed by atoms with Crippen molar-refractivity contribution in [3.05, 3.63) is 53.1 Å². The average molecular weight is 494 g/mol. The van der Waals surface area contributed by atoms with Gasteiger partial charge < -0.3 is 19.7 Å². The average Bonchev–Trinajstić information content (AvgIpc) is 2.82. The van der Waals surface area contributed by atoms with Gasteiger partial charge in [0.05, 0.1) is 10.9 Å². The van der Waals surface area contributed by atoms with Gasteiger partial charge in [-0.25, -0.2) is 13.2 Å². The molecule has 2 aliphatic rings. The number of ether oxygens (including phenoxy) is 2. The van der Waals surface area contributed by atoms with Crippen molar-refractivity contribution in [1.29, 1.82) is 0 Å². The summed E-state index contributed by atoms with van der Waals surface area (Å²) in [5.41, 5.74) is 0.935. The summed E-state index contributed by atoms with van der Waals surface area (Å²) in [6.45, 7) is 6.15. The number of urea groups is 1. The van der Waals surface area contributed by atoms with Crippen LogP contribution in [-0.2, 0) is 10.0 Å². The summed E-state index contributed by atoms with van der Waals surface area (Å²) >= 11 is 5.96. The minimum absolute atomic E-state index is 0.140. The predicted octanol–water partition coefficient (Wildman–Crippen LogP) is 3.52. The fourth-order valence-corrected chi connectivity index (χ4v) is 5.74. The molecule has 2 aromatic carbocycles. The van der Waals surface area contributed by atoms with Gasteiger partial charge in [0, 0.05) is 31.2 Å². The van der Waals surface area contributed by atoms with Crippen molar-refractivity contribution in [2.75, 3.05) is 39.4 Å². The number of carbonyl (C=O) groups excluding carboxylic acids is 1. The maximum absolute atomic E-state index is 13.0. The number of halogens is 1. The second-order valence-corrected chi connectivity index (χ2v) is 10.8. The van der Waals surface area contributed by atoms with Crippen LogP contribution in [0, 0.1) is 5.92 Å². The maximum atomic E-state index is 13.0. The quantitative estimate of drug-likeness (QED) is 0.688. The number of piperazine rings is 1. The molecule has 1 N–H and O–H groups in total. The van der Waals surface area contributed by atoms with E-state index in [2.05, 4.69) is 5.32 Å². The van der Waals surface area contributed by atoms with Crippen LogP contribution in [0.1, 0.15) is 25.5 Å². The van der Waals surface area contributed by atoms with Gasteiger partial charge in [-0.05, 0) is 41.8 Å². The highest BCUT2D eigenvalue weighted by atomic mass is 35.5. The van der Waals surface area contributed by atoms with Gasteiger partial charge in [0.15, 0.2) is 11.5 Å². The van der Waals surface area contributed by atoms with Crippen molar-refractivity contribution in [2.45, 2.75) is 24.8 Å². The summed E-state index contributed by atoms with van der Waals surface area (Å²) in [7, 11) is -3.66. The van der Waals surface area contributed by atoms with Gasteiger partial charge in [-0.15, -0.1) is 0 Å². The van der Waals surface area contributed by atoms with Crippen LogP contribution in [0.15, 0.2) is 47.4 Å². The van der Waals surface area contributed by atoms with E-state index in [-0.39, 0.29) is 36.0 Å². The molecule has 1 atom stereocenters. The first-order valence-corrected chi connectivity index (χ1v) is 12.8. The number of nitrogens with zero attached hydrogens (tertiary/aromatic N) is 2. The van der Waals surface area contributed by atoms with Gasteiger partial charge in [-0.2, -0.15) is 4.31 Å². The molecule has 2 aromatic rings. The third kappa shape index (κ3) is 5.20. The Morgan fingerprint density at radius 1 is 1.00 bits per heavy atom. The minimum Gasteiger partial charge on any atom is -0.486 e. The van der Waals surface area contributed by atoms with Crippen LogP contribution >= 0.6 is 11.6 Å². The molecule has 2 amide bonds. The second-order valence-electron chi connectivity index (χ2n) is 8.42. The topological polar surface area (TPSA) is 88.2 Å². The number of rotatable bonds is 5. The fraction of sp³-hybridized carbons (Fsp3) is 0.435. The van der Waals surface area contributed by atoms with Crippen LogP contribution in [-0.4, -0.2) is 63.0 Å². The predicted molar refractivity (Wildman–Crippen MR) is 125 cm³/mol. The van der Waals surface area contributed by atoms with Crippen molar-refractivity contribution in [3.8, 4) is 11.5 Å². The highest BCUT2D eigenvalue weighted by molar-refractivity contribution is 7.89. The van der Waals surface area contributed by atoms with Gasteiger partial charge >= 0.3 is 6.03 Å². The molecule has 8 nitrogen and oxygen atoms in total. The Labute approximate surface area is 199 Å². The van der Waals surface area contributed by atoms with Crippen LogP contribution in [0.25, 0.3) is 0 Å². The lowest BCUT2D eigenvalue weighted by Crippen LogP contribution is -2.53. The Morgan fingerprint density at radius 3 is 2.36 bits per heavy atom. The highest BCUT2D eigenvalue weighted by Gasteiger charge is 2.31. The molecule has 33 heavy (non-hydrogen) atoms. The first-order valence-electron chi connectivity index (χ1n) is 11.0. The molecule has 1 saturated heterocycles. The minimum atomic E-state index is -3.66. The molecule has 1 fully saturated rings. The third-order valence-corrected chi connectivity index (χ3v) is 7.96. The molecule has 4 rings (SSSR count). The standard InChI is InChI=1S/C23H28ClN3O5S/c1-16(2)22(17-6-7-20-21(14-17)32-13-12-31-20)25-23(28)26-8-10-27(11-9-26)33(29,30)19-5-3-4-18(24)15-19/h3-7,14-16,22H,8-13H2,1-2H3,(H,25,28). The SMILES string of the molecule is CC(C)C(NC(=O)N1CCN(S(=O)(=O)c2cccc(Cl)c2)CC1)c1ccc2c(c1)OCCO2. The molecule has 0 saturated carbocycles. The van der Waals surface area contributed by atoms with Gasteiger partial charge in [-0.1, -0.05) is 37.6 Å². The lowest BCUT2D eigenvalue weighted by atomic mass is 9.95. The first kappa shape index (κ1) is 23.7. The molecule has 0 aliphatic carbocycles.